The van der Waals surface area contributed by atoms with Crippen molar-refractivity contribution < 1.29 is 10.2 Å². The Bertz CT molecular complexity index is 646. The number of piperidine rings is 1. The van der Waals surface area contributed by atoms with Crippen LogP contribution in [-0.2, 0) is 6.42 Å². The summed E-state index contributed by atoms with van der Waals surface area (Å²) in [4.78, 5) is 2.26. The topological polar surface area (TPSA) is 43.7 Å². The van der Waals surface area contributed by atoms with Crippen LogP contribution in [0.25, 0.3) is 11.1 Å². The van der Waals surface area contributed by atoms with Crippen LogP contribution in [0.2, 0.25) is 0 Å². The van der Waals surface area contributed by atoms with E-state index in [0.29, 0.717) is 13.0 Å². The van der Waals surface area contributed by atoms with Gasteiger partial charge in [-0.25, -0.2) is 0 Å². The summed E-state index contributed by atoms with van der Waals surface area (Å²) < 4.78 is 0. The smallest absolute Gasteiger partial charge is 0.0786 e. The quantitative estimate of drug-likeness (QED) is 0.888. The summed E-state index contributed by atoms with van der Waals surface area (Å²) in [7, 11) is 0. The van der Waals surface area contributed by atoms with E-state index in [2.05, 4.69) is 29.2 Å². The molecule has 0 aromatic heterocycles. The number of likely N-dealkylation sites (tertiary alicyclic amines) is 1. The summed E-state index contributed by atoms with van der Waals surface area (Å²) in [6, 6.07) is 18.6. The number of hydrogen-bond acceptors (Lipinski definition) is 3. The summed E-state index contributed by atoms with van der Waals surface area (Å²) in [5, 5.41) is 20.6. The van der Waals surface area contributed by atoms with Gasteiger partial charge in [-0.3, -0.25) is 0 Å². The second-order valence-corrected chi connectivity index (χ2v) is 7.20. The highest BCUT2D eigenvalue weighted by molar-refractivity contribution is 5.67. The maximum Gasteiger partial charge on any atom is 0.0786 e. The normalized spacial score (nSPS) is 19.1. The number of aliphatic hydroxyl groups excluding tert-OH is 1. The minimum absolute atomic E-state index is 0.176. The zero-order valence-corrected chi connectivity index (χ0v) is 14.4. The van der Waals surface area contributed by atoms with Crippen molar-refractivity contribution in [1.29, 1.82) is 0 Å². The van der Waals surface area contributed by atoms with E-state index in [1.165, 1.54) is 16.7 Å². The Hall–Kier alpha value is -1.68. The van der Waals surface area contributed by atoms with Crippen LogP contribution in [0.1, 0.15) is 25.3 Å². The molecule has 1 aliphatic rings. The molecular weight excluding hydrogens is 298 g/mol. The molecular formula is C21H27NO2. The molecule has 1 atom stereocenters. The average molecular weight is 325 g/mol. The molecule has 1 fully saturated rings. The Labute approximate surface area is 144 Å². The molecule has 0 saturated carbocycles. The number of aliphatic hydroxyl groups is 2. The largest absolute Gasteiger partial charge is 0.393 e. The minimum atomic E-state index is -0.785. The van der Waals surface area contributed by atoms with E-state index in [1.807, 2.05) is 37.3 Å². The van der Waals surface area contributed by atoms with Gasteiger partial charge in [0.15, 0.2) is 0 Å². The van der Waals surface area contributed by atoms with Crippen molar-refractivity contribution >= 4 is 0 Å². The Morgan fingerprint density at radius 1 is 1.00 bits per heavy atom. The van der Waals surface area contributed by atoms with Crippen molar-refractivity contribution in [3.05, 3.63) is 60.2 Å². The highest BCUT2D eigenvalue weighted by Gasteiger charge is 2.27. The van der Waals surface area contributed by atoms with Gasteiger partial charge in [-0.05, 0) is 36.5 Å². The van der Waals surface area contributed by atoms with Gasteiger partial charge in [0.05, 0.1) is 11.7 Å². The molecule has 0 aliphatic carbocycles. The molecule has 1 aliphatic heterocycles. The van der Waals surface area contributed by atoms with Gasteiger partial charge in [-0.1, -0.05) is 54.6 Å². The van der Waals surface area contributed by atoms with Crippen LogP contribution in [0.15, 0.2) is 54.6 Å². The van der Waals surface area contributed by atoms with Crippen molar-refractivity contribution in [2.45, 2.75) is 37.9 Å². The molecule has 24 heavy (non-hydrogen) atoms. The Morgan fingerprint density at radius 2 is 1.62 bits per heavy atom. The third kappa shape index (κ3) is 4.44. The molecule has 3 nitrogen and oxygen atoms in total. The van der Waals surface area contributed by atoms with Gasteiger partial charge in [0.2, 0.25) is 0 Å². The minimum Gasteiger partial charge on any atom is -0.393 e. The predicted octanol–water partition coefficient (Wildman–Crippen LogP) is 3.10. The van der Waals surface area contributed by atoms with Crippen LogP contribution in [0.5, 0.6) is 0 Å². The van der Waals surface area contributed by atoms with Gasteiger partial charge in [-0.15, -0.1) is 0 Å². The third-order valence-corrected chi connectivity index (χ3v) is 4.79. The third-order valence-electron chi connectivity index (χ3n) is 4.79. The van der Waals surface area contributed by atoms with Crippen molar-refractivity contribution in [1.82, 2.24) is 4.90 Å². The zero-order chi connectivity index (χ0) is 17.0. The molecule has 2 N–H and O–H groups in total. The lowest BCUT2D eigenvalue weighted by atomic mass is 9.89. The molecule has 1 saturated heterocycles. The number of rotatable bonds is 5. The molecule has 2 aromatic rings. The van der Waals surface area contributed by atoms with E-state index in [9.17, 15) is 10.2 Å². The summed E-state index contributed by atoms with van der Waals surface area (Å²) in [6.07, 6.45) is 2.05. The van der Waals surface area contributed by atoms with Crippen molar-refractivity contribution in [3.8, 4) is 11.1 Å². The van der Waals surface area contributed by atoms with Gasteiger partial charge < -0.3 is 15.1 Å². The monoisotopic (exact) mass is 325 g/mol. The maximum atomic E-state index is 11.0. The first-order valence-corrected chi connectivity index (χ1v) is 8.80. The Kier molecular flexibility index (Phi) is 5.34. The number of hydrogen-bond donors (Lipinski definition) is 2. The second-order valence-electron chi connectivity index (χ2n) is 7.20. The van der Waals surface area contributed by atoms with Crippen LogP contribution >= 0.6 is 0 Å². The predicted molar refractivity (Wildman–Crippen MR) is 97.9 cm³/mol. The van der Waals surface area contributed by atoms with E-state index in [1.54, 1.807) is 0 Å². The summed E-state index contributed by atoms with van der Waals surface area (Å²) in [6.45, 7) is 4.28. The molecule has 0 spiro atoms. The summed E-state index contributed by atoms with van der Waals surface area (Å²) in [5.41, 5.74) is 2.76. The summed E-state index contributed by atoms with van der Waals surface area (Å²) >= 11 is 0. The Balaban J connectivity index is 1.73. The molecule has 128 valence electrons. The fourth-order valence-corrected chi connectivity index (χ4v) is 3.60. The van der Waals surface area contributed by atoms with Crippen LogP contribution in [0.3, 0.4) is 0 Å². The molecule has 3 rings (SSSR count). The highest BCUT2D eigenvalue weighted by Crippen LogP contribution is 2.27. The lowest BCUT2D eigenvalue weighted by molar-refractivity contribution is -0.00192. The first kappa shape index (κ1) is 17.2. The lowest BCUT2D eigenvalue weighted by Crippen LogP contribution is -2.46. The van der Waals surface area contributed by atoms with Crippen molar-refractivity contribution in [3.63, 3.8) is 0 Å². The highest BCUT2D eigenvalue weighted by atomic mass is 16.3. The molecule has 0 radical (unpaired) electrons. The van der Waals surface area contributed by atoms with Crippen molar-refractivity contribution in [2.75, 3.05) is 19.6 Å². The fourth-order valence-electron chi connectivity index (χ4n) is 3.60. The second kappa shape index (κ2) is 7.47. The van der Waals surface area contributed by atoms with Gasteiger partial charge in [0.25, 0.3) is 0 Å². The lowest BCUT2D eigenvalue weighted by Gasteiger charge is -2.35. The van der Waals surface area contributed by atoms with Crippen LogP contribution in [-0.4, -0.2) is 46.5 Å². The first-order chi connectivity index (χ1) is 11.5. The average Bonchev–Trinajstić information content (AvgIpc) is 2.58. The molecule has 3 heteroatoms. The molecule has 1 unspecified atom stereocenters. The van der Waals surface area contributed by atoms with E-state index < -0.39 is 5.60 Å². The molecule has 0 amide bonds. The fraction of sp³-hybridized carbons (Fsp3) is 0.429. The van der Waals surface area contributed by atoms with Gasteiger partial charge in [-0.2, -0.15) is 0 Å². The Morgan fingerprint density at radius 3 is 2.33 bits per heavy atom. The van der Waals surface area contributed by atoms with Gasteiger partial charge >= 0.3 is 0 Å². The summed E-state index contributed by atoms with van der Waals surface area (Å²) in [5.74, 6) is 0. The number of β-amino-alcohol motifs (C(OH)–C–C–N with tert-alkyl or cyclic N) is 1. The molecule has 0 bridgehead atoms. The van der Waals surface area contributed by atoms with E-state index >= 15 is 0 Å². The number of nitrogens with zero attached hydrogens (tertiary/aromatic N) is 1. The van der Waals surface area contributed by atoms with Gasteiger partial charge in [0.1, 0.15) is 0 Å². The van der Waals surface area contributed by atoms with Crippen LogP contribution < -0.4 is 0 Å². The van der Waals surface area contributed by atoms with Gasteiger partial charge in [0, 0.05) is 26.1 Å². The van der Waals surface area contributed by atoms with Crippen LogP contribution in [0, 0.1) is 0 Å². The van der Waals surface area contributed by atoms with Crippen molar-refractivity contribution in [2.24, 2.45) is 0 Å². The van der Waals surface area contributed by atoms with E-state index in [0.717, 1.165) is 25.9 Å². The van der Waals surface area contributed by atoms with E-state index in [-0.39, 0.29) is 6.10 Å². The maximum absolute atomic E-state index is 11.0. The zero-order valence-electron chi connectivity index (χ0n) is 14.4. The van der Waals surface area contributed by atoms with E-state index in [4.69, 9.17) is 0 Å². The standard InChI is InChI=1S/C21H27NO2/c1-21(24,16-22-13-11-19(23)12-14-22)15-18-9-5-6-10-20(18)17-7-3-2-4-8-17/h2-10,19,23-24H,11-16H2,1H3. The molecule has 1 heterocycles. The number of benzene rings is 2. The SMILES string of the molecule is CC(O)(Cc1ccccc1-c1ccccc1)CN1CCC(O)CC1. The first-order valence-electron chi connectivity index (χ1n) is 8.80. The van der Waals surface area contributed by atoms with Crippen LogP contribution in [0.4, 0.5) is 0 Å². The molecule has 2 aromatic carbocycles.